The van der Waals surface area contributed by atoms with Crippen molar-refractivity contribution >= 4 is 5.78 Å². The highest BCUT2D eigenvalue weighted by molar-refractivity contribution is 5.88. The Kier molecular flexibility index (Phi) is 5.94. The molecule has 5 heteroatoms. The Morgan fingerprint density at radius 1 is 0.920 bits per heavy atom. The van der Waals surface area contributed by atoms with Crippen LogP contribution in [0.15, 0.2) is 60.7 Å². The van der Waals surface area contributed by atoms with Crippen molar-refractivity contribution in [1.29, 1.82) is 0 Å². The number of carbonyl (C=O) groups excluding carboxylic acids is 1. The van der Waals surface area contributed by atoms with Gasteiger partial charge in [-0.3, -0.25) is 4.79 Å². The molecule has 0 aliphatic carbocycles. The van der Waals surface area contributed by atoms with E-state index in [2.05, 4.69) is 0 Å². The summed E-state index contributed by atoms with van der Waals surface area (Å²) in [7, 11) is 0. The number of ketones is 1. The first-order valence-corrected chi connectivity index (χ1v) is 8.33. The normalized spacial score (nSPS) is 26.6. The lowest BCUT2D eigenvalue weighted by Gasteiger charge is -2.37. The van der Waals surface area contributed by atoms with Crippen LogP contribution in [-0.4, -0.2) is 35.5 Å². The van der Waals surface area contributed by atoms with Crippen molar-refractivity contribution in [3.05, 3.63) is 71.8 Å². The standard InChI is InChI=1S/C20H22O5/c1-14-17(21)18(22)19(23-12-15-8-4-2-5-9-15)20(25-14)24-13-16-10-6-3-7-11-16/h2-11,14,18-20,22H,12-13H2,1H3/t14-,18+,19-,20?/m0/s1. The van der Waals surface area contributed by atoms with Crippen molar-refractivity contribution in [3.63, 3.8) is 0 Å². The second-order valence-corrected chi connectivity index (χ2v) is 6.05. The molecule has 0 saturated carbocycles. The largest absolute Gasteiger partial charge is 0.382 e. The molecule has 25 heavy (non-hydrogen) atoms. The van der Waals surface area contributed by atoms with Crippen molar-refractivity contribution in [2.24, 2.45) is 0 Å². The Morgan fingerprint density at radius 3 is 2.00 bits per heavy atom. The van der Waals surface area contributed by atoms with E-state index >= 15 is 0 Å². The predicted molar refractivity (Wildman–Crippen MR) is 91.6 cm³/mol. The third-order valence-electron chi connectivity index (χ3n) is 4.15. The zero-order chi connectivity index (χ0) is 17.6. The Labute approximate surface area is 147 Å². The quantitative estimate of drug-likeness (QED) is 0.874. The summed E-state index contributed by atoms with van der Waals surface area (Å²) in [6, 6.07) is 19.2. The molecule has 0 bridgehead atoms. The number of Topliss-reactive ketones (excluding diaryl/α,β-unsaturated/α-hetero) is 1. The fourth-order valence-corrected chi connectivity index (χ4v) is 2.72. The first kappa shape index (κ1) is 17.8. The van der Waals surface area contributed by atoms with Gasteiger partial charge in [0.2, 0.25) is 0 Å². The molecule has 1 fully saturated rings. The van der Waals surface area contributed by atoms with E-state index in [4.69, 9.17) is 14.2 Å². The third-order valence-corrected chi connectivity index (χ3v) is 4.15. The third kappa shape index (κ3) is 4.52. The second kappa shape index (κ2) is 8.36. The molecule has 3 rings (SSSR count). The zero-order valence-corrected chi connectivity index (χ0v) is 14.1. The average molecular weight is 342 g/mol. The predicted octanol–water partition coefficient (Wildman–Crippen LogP) is 2.46. The summed E-state index contributed by atoms with van der Waals surface area (Å²) in [4.78, 5) is 12.1. The smallest absolute Gasteiger partial charge is 0.192 e. The molecule has 1 aliphatic rings. The Bertz CT molecular complexity index is 673. The van der Waals surface area contributed by atoms with E-state index in [9.17, 15) is 9.90 Å². The van der Waals surface area contributed by atoms with Gasteiger partial charge >= 0.3 is 0 Å². The molecular formula is C20H22O5. The van der Waals surface area contributed by atoms with Crippen LogP contribution >= 0.6 is 0 Å². The van der Waals surface area contributed by atoms with Crippen LogP contribution in [0.5, 0.6) is 0 Å². The van der Waals surface area contributed by atoms with Gasteiger partial charge in [0.25, 0.3) is 0 Å². The van der Waals surface area contributed by atoms with Crippen molar-refractivity contribution in [1.82, 2.24) is 0 Å². The topological polar surface area (TPSA) is 65.0 Å². The van der Waals surface area contributed by atoms with Gasteiger partial charge in [0, 0.05) is 0 Å². The Balaban J connectivity index is 1.67. The molecule has 1 saturated heterocycles. The highest BCUT2D eigenvalue weighted by Gasteiger charge is 2.44. The van der Waals surface area contributed by atoms with Gasteiger partial charge in [-0.05, 0) is 18.1 Å². The Morgan fingerprint density at radius 2 is 1.44 bits per heavy atom. The van der Waals surface area contributed by atoms with Crippen molar-refractivity contribution in [2.75, 3.05) is 0 Å². The molecule has 0 radical (unpaired) electrons. The maximum atomic E-state index is 12.1. The number of carbonyl (C=O) groups is 1. The molecule has 1 aliphatic heterocycles. The van der Waals surface area contributed by atoms with Gasteiger partial charge in [0.1, 0.15) is 18.3 Å². The Hall–Kier alpha value is -2.05. The number of aliphatic hydroxyl groups excluding tert-OH is 1. The van der Waals surface area contributed by atoms with E-state index in [0.717, 1.165) is 11.1 Å². The molecule has 1 heterocycles. The molecule has 1 unspecified atom stereocenters. The minimum atomic E-state index is -1.27. The van der Waals surface area contributed by atoms with E-state index in [-0.39, 0.29) is 6.61 Å². The highest BCUT2D eigenvalue weighted by atomic mass is 16.7. The number of benzene rings is 2. The minimum Gasteiger partial charge on any atom is -0.382 e. The number of aliphatic hydroxyl groups is 1. The summed E-state index contributed by atoms with van der Waals surface area (Å²) >= 11 is 0. The molecule has 2 aromatic carbocycles. The summed E-state index contributed by atoms with van der Waals surface area (Å²) in [5.74, 6) is -0.391. The number of rotatable bonds is 6. The fraction of sp³-hybridized carbons (Fsp3) is 0.350. The molecular weight excluding hydrogens is 320 g/mol. The maximum Gasteiger partial charge on any atom is 0.192 e. The second-order valence-electron chi connectivity index (χ2n) is 6.05. The lowest BCUT2D eigenvalue weighted by molar-refractivity contribution is -0.267. The van der Waals surface area contributed by atoms with E-state index < -0.39 is 30.4 Å². The lowest BCUT2D eigenvalue weighted by Crippen LogP contribution is -2.56. The van der Waals surface area contributed by atoms with E-state index in [1.807, 2.05) is 60.7 Å². The maximum absolute atomic E-state index is 12.1. The van der Waals surface area contributed by atoms with Crippen LogP contribution in [0, 0.1) is 0 Å². The van der Waals surface area contributed by atoms with Gasteiger partial charge in [-0.25, -0.2) is 0 Å². The molecule has 0 aromatic heterocycles. The highest BCUT2D eigenvalue weighted by Crippen LogP contribution is 2.23. The summed E-state index contributed by atoms with van der Waals surface area (Å²) < 4.78 is 17.2. The summed E-state index contributed by atoms with van der Waals surface area (Å²) in [6.07, 6.45) is -3.68. The van der Waals surface area contributed by atoms with Crippen LogP contribution in [0.4, 0.5) is 0 Å². The van der Waals surface area contributed by atoms with Gasteiger partial charge in [-0.15, -0.1) is 0 Å². The molecule has 4 atom stereocenters. The molecule has 1 N–H and O–H groups in total. The summed E-state index contributed by atoms with van der Waals surface area (Å²) in [6.45, 7) is 2.18. The van der Waals surface area contributed by atoms with Crippen LogP contribution in [-0.2, 0) is 32.2 Å². The molecule has 0 amide bonds. The monoisotopic (exact) mass is 342 g/mol. The van der Waals surface area contributed by atoms with Gasteiger partial charge < -0.3 is 19.3 Å². The number of hydrogen-bond acceptors (Lipinski definition) is 5. The summed E-state index contributed by atoms with van der Waals surface area (Å²) in [5.41, 5.74) is 1.93. The van der Waals surface area contributed by atoms with Crippen molar-refractivity contribution < 1.29 is 24.1 Å². The SMILES string of the molecule is C[C@@H]1OC(OCc2ccccc2)[C@@H](OCc2ccccc2)[C@H](O)C1=O. The van der Waals surface area contributed by atoms with Crippen LogP contribution in [0.1, 0.15) is 18.1 Å². The van der Waals surface area contributed by atoms with Gasteiger partial charge in [0.05, 0.1) is 13.2 Å². The van der Waals surface area contributed by atoms with E-state index in [1.54, 1.807) is 6.92 Å². The molecule has 0 spiro atoms. The van der Waals surface area contributed by atoms with Crippen LogP contribution < -0.4 is 0 Å². The van der Waals surface area contributed by atoms with E-state index in [0.29, 0.717) is 6.61 Å². The molecule has 2 aromatic rings. The molecule has 5 nitrogen and oxygen atoms in total. The van der Waals surface area contributed by atoms with Gasteiger partial charge in [-0.2, -0.15) is 0 Å². The van der Waals surface area contributed by atoms with E-state index in [1.165, 1.54) is 0 Å². The summed E-state index contributed by atoms with van der Waals surface area (Å²) in [5, 5.41) is 10.3. The minimum absolute atomic E-state index is 0.263. The lowest BCUT2D eigenvalue weighted by atomic mass is 10.0. The number of hydrogen-bond donors (Lipinski definition) is 1. The average Bonchev–Trinajstić information content (AvgIpc) is 2.65. The number of ether oxygens (including phenoxy) is 3. The van der Waals surface area contributed by atoms with Crippen LogP contribution in [0.25, 0.3) is 0 Å². The molecule has 132 valence electrons. The van der Waals surface area contributed by atoms with Crippen LogP contribution in [0.3, 0.4) is 0 Å². The van der Waals surface area contributed by atoms with Gasteiger partial charge in [-0.1, -0.05) is 60.7 Å². The zero-order valence-electron chi connectivity index (χ0n) is 14.1. The van der Waals surface area contributed by atoms with Crippen molar-refractivity contribution in [3.8, 4) is 0 Å². The van der Waals surface area contributed by atoms with Crippen molar-refractivity contribution in [2.45, 2.75) is 44.7 Å². The van der Waals surface area contributed by atoms with Gasteiger partial charge in [0.15, 0.2) is 12.1 Å². The first-order chi connectivity index (χ1) is 12.1. The fourth-order valence-electron chi connectivity index (χ4n) is 2.72. The first-order valence-electron chi connectivity index (χ1n) is 8.33. The van der Waals surface area contributed by atoms with Crippen LogP contribution in [0.2, 0.25) is 0 Å².